The fourth-order valence-corrected chi connectivity index (χ4v) is 1.08. The average molecular weight is 163 g/mol. The van der Waals surface area contributed by atoms with Gasteiger partial charge in [0, 0.05) is 25.4 Å². The molecule has 0 spiro atoms. The van der Waals surface area contributed by atoms with Gasteiger partial charge >= 0.3 is 0 Å². The van der Waals surface area contributed by atoms with E-state index in [-0.39, 0.29) is 0 Å². The predicted octanol–water partition coefficient (Wildman–Crippen LogP) is 0.485. The van der Waals surface area contributed by atoms with E-state index >= 15 is 0 Å². The molecule has 0 aliphatic rings. The van der Waals surface area contributed by atoms with Crippen LogP contribution in [0.2, 0.25) is 0 Å². The van der Waals surface area contributed by atoms with E-state index < -0.39 is 0 Å². The molecular formula is C9H13N3. The van der Waals surface area contributed by atoms with Gasteiger partial charge in [0.25, 0.3) is 0 Å². The van der Waals surface area contributed by atoms with Gasteiger partial charge in [-0.3, -0.25) is 9.58 Å². The van der Waals surface area contributed by atoms with E-state index in [0.29, 0.717) is 6.54 Å². The summed E-state index contributed by atoms with van der Waals surface area (Å²) in [4.78, 5) is 2.07. The molecule has 0 saturated carbocycles. The van der Waals surface area contributed by atoms with Gasteiger partial charge in [0.05, 0.1) is 12.7 Å². The van der Waals surface area contributed by atoms with E-state index in [2.05, 4.69) is 15.9 Å². The van der Waals surface area contributed by atoms with Crippen LogP contribution in [0.25, 0.3) is 0 Å². The van der Waals surface area contributed by atoms with Gasteiger partial charge in [-0.25, -0.2) is 0 Å². The molecule has 3 nitrogen and oxygen atoms in total. The number of nitrogens with zero attached hydrogens (tertiary/aromatic N) is 3. The van der Waals surface area contributed by atoms with Crippen molar-refractivity contribution in [1.82, 2.24) is 14.7 Å². The Hall–Kier alpha value is -1.27. The summed E-state index contributed by atoms with van der Waals surface area (Å²) < 4.78 is 1.79. The highest BCUT2D eigenvalue weighted by Crippen LogP contribution is 1.99. The lowest BCUT2D eigenvalue weighted by atomic mass is 10.3. The van der Waals surface area contributed by atoms with Crippen molar-refractivity contribution in [3.8, 4) is 12.3 Å². The third kappa shape index (κ3) is 2.40. The Morgan fingerprint density at radius 1 is 1.75 bits per heavy atom. The molecule has 12 heavy (non-hydrogen) atoms. The van der Waals surface area contributed by atoms with Crippen LogP contribution in [-0.2, 0) is 13.6 Å². The van der Waals surface area contributed by atoms with Crippen molar-refractivity contribution >= 4 is 0 Å². The minimum atomic E-state index is 0.675. The van der Waals surface area contributed by atoms with Crippen LogP contribution in [0.3, 0.4) is 0 Å². The van der Waals surface area contributed by atoms with Crippen LogP contribution in [0, 0.1) is 12.3 Å². The zero-order chi connectivity index (χ0) is 8.97. The number of aryl methyl sites for hydroxylation is 1. The second-order valence-electron chi connectivity index (χ2n) is 2.90. The van der Waals surface area contributed by atoms with Crippen LogP contribution in [0.15, 0.2) is 12.4 Å². The van der Waals surface area contributed by atoms with Crippen molar-refractivity contribution in [3.63, 3.8) is 0 Å². The number of terminal acetylenes is 1. The van der Waals surface area contributed by atoms with Crippen molar-refractivity contribution in [3.05, 3.63) is 18.0 Å². The van der Waals surface area contributed by atoms with Gasteiger partial charge in [-0.15, -0.1) is 6.42 Å². The molecule has 1 rings (SSSR count). The molecule has 64 valence electrons. The third-order valence-electron chi connectivity index (χ3n) is 1.57. The molecule has 0 amide bonds. The summed E-state index contributed by atoms with van der Waals surface area (Å²) in [6.07, 6.45) is 9.02. The minimum absolute atomic E-state index is 0.675. The molecule has 0 aromatic carbocycles. The molecule has 0 radical (unpaired) electrons. The highest BCUT2D eigenvalue weighted by Gasteiger charge is 1.99. The first-order valence-corrected chi connectivity index (χ1v) is 3.82. The van der Waals surface area contributed by atoms with Gasteiger partial charge in [0.15, 0.2) is 0 Å². The molecule has 0 aliphatic carbocycles. The third-order valence-corrected chi connectivity index (χ3v) is 1.57. The van der Waals surface area contributed by atoms with E-state index in [0.717, 1.165) is 6.54 Å². The Kier molecular flexibility index (Phi) is 2.89. The summed E-state index contributed by atoms with van der Waals surface area (Å²) in [5.41, 5.74) is 1.19. The first-order chi connectivity index (χ1) is 5.72. The highest BCUT2D eigenvalue weighted by atomic mass is 15.2. The van der Waals surface area contributed by atoms with Crippen molar-refractivity contribution in [1.29, 1.82) is 0 Å². The SMILES string of the molecule is C#CCN(C)Cc1cnn(C)c1. The summed E-state index contributed by atoms with van der Waals surface area (Å²) >= 11 is 0. The molecule has 1 aromatic rings. The van der Waals surface area contributed by atoms with E-state index in [4.69, 9.17) is 6.42 Å². The standard InChI is InChI=1S/C9H13N3/c1-4-5-11(2)7-9-6-10-12(3)8-9/h1,6,8H,5,7H2,2-3H3. The number of aromatic nitrogens is 2. The fraction of sp³-hybridized carbons (Fsp3) is 0.444. The molecule has 0 bridgehead atoms. The van der Waals surface area contributed by atoms with Gasteiger partial charge in [-0.05, 0) is 7.05 Å². The quantitative estimate of drug-likeness (QED) is 0.604. The highest BCUT2D eigenvalue weighted by molar-refractivity contribution is 5.03. The molecule has 0 aliphatic heterocycles. The van der Waals surface area contributed by atoms with Gasteiger partial charge in [-0.1, -0.05) is 5.92 Å². The lowest BCUT2D eigenvalue weighted by molar-refractivity contribution is 0.369. The predicted molar refractivity (Wildman–Crippen MR) is 48.4 cm³/mol. The van der Waals surface area contributed by atoms with Crippen molar-refractivity contribution in [2.24, 2.45) is 7.05 Å². The molecule has 0 saturated heterocycles. The summed E-state index contributed by atoms with van der Waals surface area (Å²) in [7, 11) is 3.90. The summed E-state index contributed by atoms with van der Waals surface area (Å²) in [5.74, 6) is 2.59. The largest absolute Gasteiger partial charge is 0.291 e. The molecule has 1 heterocycles. The van der Waals surface area contributed by atoms with Crippen molar-refractivity contribution in [2.45, 2.75) is 6.54 Å². The Bertz CT molecular complexity index is 282. The molecule has 0 atom stereocenters. The molecule has 0 N–H and O–H groups in total. The molecule has 1 aromatic heterocycles. The van der Waals surface area contributed by atoms with Gasteiger partial charge in [0.2, 0.25) is 0 Å². The van der Waals surface area contributed by atoms with E-state index in [1.165, 1.54) is 5.56 Å². The Labute approximate surface area is 73.0 Å². The molecule has 0 fully saturated rings. The summed E-state index contributed by atoms with van der Waals surface area (Å²) in [5, 5.41) is 4.07. The van der Waals surface area contributed by atoms with Crippen molar-refractivity contribution < 1.29 is 0 Å². The monoisotopic (exact) mass is 163 g/mol. The smallest absolute Gasteiger partial charge is 0.0599 e. The zero-order valence-corrected chi connectivity index (χ0v) is 7.49. The second-order valence-corrected chi connectivity index (χ2v) is 2.90. The minimum Gasteiger partial charge on any atom is -0.291 e. The average Bonchev–Trinajstić information content (AvgIpc) is 2.36. The maximum absolute atomic E-state index is 5.18. The van der Waals surface area contributed by atoms with E-state index in [1.54, 1.807) is 4.68 Å². The Balaban J connectivity index is 2.47. The van der Waals surface area contributed by atoms with Crippen LogP contribution in [0.5, 0.6) is 0 Å². The molecule has 0 unspecified atom stereocenters. The molecular weight excluding hydrogens is 150 g/mol. The first kappa shape index (κ1) is 8.82. The Morgan fingerprint density at radius 3 is 3.00 bits per heavy atom. The second kappa shape index (κ2) is 3.93. The zero-order valence-electron chi connectivity index (χ0n) is 7.49. The van der Waals surface area contributed by atoms with E-state index in [1.807, 2.05) is 26.5 Å². The number of hydrogen-bond acceptors (Lipinski definition) is 2. The van der Waals surface area contributed by atoms with Crippen LogP contribution in [-0.4, -0.2) is 28.3 Å². The van der Waals surface area contributed by atoms with Gasteiger partial charge < -0.3 is 0 Å². The van der Waals surface area contributed by atoms with Crippen LogP contribution < -0.4 is 0 Å². The maximum Gasteiger partial charge on any atom is 0.0599 e. The summed E-state index contributed by atoms with van der Waals surface area (Å²) in [6, 6.07) is 0. The van der Waals surface area contributed by atoms with Crippen LogP contribution in [0.1, 0.15) is 5.56 Å². The van der Waals surface area contributed by atoms with Gasteiger partial charge in [-0.2, -0.15) is 5.10 Å². The van der Waals surface area contributed by atoms with Crippen molar-refractivity contribution in [2.75, 3.05) is 13.6 Å². The fourth-order valence-electron chi connectivity index (χ4n) is 1.08. The van der Waals surface area contributed by atoms with Crippen LogP contribution in [0.4, 0.5) is 0 Å². The molecule has 3 heteroatoms. The summed E-state index contributed by atoms with van der Waals surface area (Å²) in [6.45, 7) is 1.53. The van der Waals surface area contributed by atoms with Crippen LogP contribution >= 0.6 is 0 Å². The lowest BCUT2D eigenvalue weighted by Crippen LogP contribution is -2.17. The van der Waals surface area contributed by atoms with Gasteiger partial charge in [0.1, 0.15) is 0 Å². The topological polar surface area (TPSA) is 21.1 Å². The first-order valence-electron chi connectivity index (χ1n) is 3.82. The normalized spacial score (nSPS) is 10.2. The number of rotatable bonds is 3. The van der Waals surface area contributed by atoms with E-state index in [9.17, 15) is 0 Å². The Morgan fingerprint density at radius 2 is 2.50 bits per heavy atom. The lowest BCUT2D eigenvalue weighted by Gasteiger charge is -2.10. The maximum atomic E-state index is 5.18. The number of hydrogen-bond donors (Lipinski definition) is 0.